The van der Waals surface area contributed by atoms with Gasteiger partial charge in [0, 0.05) is 33.6 Å². The standard InChI is InChI=1S/C19H16N2O2/c1-2-23-19(22)17-13-8-4-6-10-16(13)21-18(17)14-11-20-15-9-5-3-7-12(14)15/h3-11,20-21H,2H2,1H3. The van der Waals surface area contributed by atoms with Gasteiger partial charge in [-0.05, 0) is 19.1 Å². The Morgan fingerprint density at radius 2 is 1.70 bits per heavy atom. The molecule has 0 atom stereocenters. The number of benzene rings is 2. The molecule has 0 aliphatic carbocycles. The highest BCUT2D eigenvalue weighted by atomic mass is 16.5. The number of carbonyl (C=O) groups excluding carboxylic acids is 1. The van der Waals surface area contributed by atoms with Crippen molar-refractivity contribution in [1.82, 2.24) is 9.97 Å². The van der Waals surface area contributed by atoms with Crippen molar-refractivity contribution in [2.45, 2.75) is 6.92 Å². The predicted octanol–water partition coefficient (Wildman–Crippen LogP) is 4.49. The van der Waals surface area contributed by atoms with E-state index in [1.807, 2.05) is 61.7 Å². The molecule has 4 aromatic rings. The molecule has 0 bridgehead atoms. The third-order valence-corrected chi connectivity index (χ3v) is 4.04. The molecule has 23 heavy (non-hydrogen) atoms. The van der Waals surface area contributed by atoms with Gasteiger partial charge in [0.2, 0.25) is 0 Å². The van der Waals surface area contributed by atoms with Crippen molar-refractivity contribution in [3.63, 3.8) is 0 Å². The largest absolute Gasteiger partial charge is 0.462 e. The van der Waals surface area contributed by atoms with Crippen LogP contribution in [0.25, 0.3) is 33.1 Å². The van der Waals surface area contributed by atoms with Crippen LogP contribution in [-0.4, -0.2) is 22.5 Å². The average Bonchev–Trinajstić information content (AvgIpc) is 3.16. The number of rotatable bonds is 3. The highest BCUT2D eigenvalue weighted by Crippen LogP contribution is 2.35. The van der Waals surface area contributed by atoms with Gasteiger partial charge in [-0.1, -0.05) is 36.4 Å². The summed E-state index contributed by atoms with van der Waals surface area (Å²) in [6, 6.07) is 15.8. The Morgan fingerprint density at radius 1 is 1.00 bits per heavy atom. The van der Waals surface area contributed by atoms with Crippen molar-refractivity contribution < 1.29 is 9.53 Å². The first-order valence-corrected chi connectivity index (χ1v) is 7.64. The van der Waals surface area contributed by atoms with Gasteiger partial charge in [-0.25, -0.2) is 4.79 Å². The summed E-state index contributed by atoms with van der Waals surface area (Å²) in [5.41, 5.74) is 4.32. The number of carbonyl (C=O) groups is 1. The van der Waals surface area contributed by atoms with E-state index in [0.29, 0.717) is 12.2 Å². The molecule has 2 aromatic carbocycles. The van der Waals surface area contributed by atoms with Crippen molar-refractivity contribution in [2.24, 2.45) is 0 Å². The Kier molecular flexibility index (Phi) is 3.15. The fourth-order valence-electron chi connectivity index (χ4n) is 3.04. The molecular weight excluding hydrogens is 288 g/mol. The van der Waals surface area contributed by atoms with Crippen LogP contribution in [0.15, 0.2) is 54.7 Å². The first kappa shape index (κ1) is 13.6. The summed E-state index contributed by atoms with van der Waals surface area (Å²) in [6.45, 7) is 2.17. The molecule has 0 radical (unpaired) electrons. The van der Waals surface area contributed by atoms with Gasteiger partial charge >= 0.3 is 5.97 Å². The van der Waals surface area contributed by atoms with E-state index in [-0.39, 0.29) is 5.97 Å². The van der Waals surface area contributed by atoms with Crippen molar-refractivity contribution >= 4 is 27.8 Å². The van der Waals surface area contributed by atoms with E-state index in [4.69, 9.17) is 4.74 Å². The zero-order valence-corrected chi connectivity index (χ0v) is 12.7. The van der Waals surface area contributed by atoms with Crippen LogP contribution >= 0.6 is 0 Å². The number of aromatic amines is 2. The van der Waals surface area contributed by atoms with Gasteiger partial charge in [-0.15, -0.1) is 0 Å². The summed E-state index contributed by atoms with van der Waals surface area (Å²) in [7, 11) is 0. The Balaban J connectivity index is 2.03. The van der Waals surface area contributed by atoms with E-state index in [0.717, 1.165) is 33.1 Å². The molecule has 0 aliphatic rings. The highest BCUT2D eigenvalue weighted by molar-refractivity contribution is 6.12. The number of esters is 1. The monoisotopic (exact) mass is 304 g/mol. The van der Waals surface area contributed by atoms with E-state index < -0.39 is 0 Å². The van der Waals surface area contributed by atoms with Crippen LogP contribution in [0.4, 0.5) is 0 Å². The summed E-state index contributed by atoms with van der Waals surface area (Å²) in [4.78, 5) is 19.2. The summed E-state index contributed by atoms with van der Waals surface area (Å²) in [5, 5.41) is 1.95. The molecular formula is C19H16N2O2. The third kappa shape index (κ3) is 2.11. The molecule has 4 heteroatoms. The number of para-hydroxylation sites is 2. The summed E-state index contributed by atoms with van der Waals surface area (Å²) in [5.74, 6) is -0.301. The SMILES string of the molecule is CCOC(=O)c1c(-c2c[nH]c3ccccc23)[nH]c2ccccc12. The molecule has 0 unspecified atom stereocenters. The number of aromatic nitrogens is 2. The highest BCUT2D eigenvalue weighted by Gasteiger charge is 2.22. The molecule has 0 aliphatic heterocycles. The molecule has 0 spiro atoms. The minimum absolute atomic E-state index is 0.301. The maximum absolute atomic E-state index is 12.5. The summed E-state index contributed by atoms with van der Waals surface area (Å²) < 4.78 is 5.28. The van der Waals surface area contributed by atoms with E-state index in [1.165, 1.54) is 0 Å². The predicted molar refractivity (Wildman–Crippen MR) is 91.5 cm³/mol. The number of H-pyrrole nitrogens is 2. The zero-order valence-electron chi connectivity index (χ0n) is 12.7. The molecule has 0 saturated carbocycles. The fourth-order valence-corrected chi connectivity index (χ4v) is 3.04. The molecule has 4 rings (SSSR count). The first-order chi connectivity index (χ1) is 11.3. The van der Waals surface area contributed by atoms with E-state index in [9.17, 15) is 4.79 Å². The van der Waals surface area contributed by atoms with Crippen LogP contribution in [0.3, 0.4) is 0 Å². The van der Waals surface area contributed by atoms with Gasteiger partial charge in [0.15, 0.2) is 0 Å². The Hall–Kier alpha value is -3.01. The lowest BCUT2D eigenvalue weighted by atomic mass is 10.0. The van der Waals surface area contributed by atoms with E-state index in [1.54, 1.807) is 0 Å². The van der Waals surface area contributed by atoms with Crippen LogP contribution in [-0.2, 0) is 4.74 Å². The molecule has 2 N–H and O–H groups in total. The molecule has 0 saturated heterocycles. The Labute approximate surface area is 133 Å². The lowest BCUT2D eigenvalue weighted by Gasteiger charge is -2.04. The molecule has 0 fully saturated rings. The number of ether oxygens (including phenoxy) is 1. The Bertz CT molecular complexity index is 1010. The third-order valence-electron chi connectivity index (χ3n) is 4.04. The smallest absolute Gasteiger partial charge is 0.340 e. The molecule has 0 amide bonds. The quantitative estimate of drug-likeness (QED) is 0.548. The number of hydrogen-bond acceptors (Lipinski definition) is 2. The lowest BCUT2D eigenvalue weighted by Crippen LogP contribution is -2.05. The molecule has 114 valence electrons. The van der Waals surface area contributed by atoms with Crippen molar-refractivity contribution in [3.05, 3.63) is 60.3 Å². The number of hydrogen-bond donors (Lipinski definition) is 2. The lowest BCUT2D eigenvalue weighted by molar-refractivity contribution is 0.0529. The van der Waals surface area contributed by atoms with Crippen LogP contribution in [0.1, 0.15) is 17.3 Å². The van der Waals surface area contributed by atoms with Gasteiger partial charge in [0.1, 0.15) is 0 Å². The minimum atomic E-state index is -0.301. The van der Waals surface area contributed by atoms with Gasteiger partial charge < -0.3 is 14.7 Å². The summed E-state index contributed by atoms with van der Waals surface area (Å²) >= 11 is 0. The maximum Gasteiger partial charge on any atom is 0.340 e. The van der Waals surface area contributed by atoms with Crippen molar-refractivity contribution in [2.75, 3.05) is 6.61 Å². The van der Waals surface area contributed by atoms with E-state index >= 15 is 0 Å². The summed E-state index contributed by atoms with van der Waals surface area (Å²) in [6.07, 6.45) is 1.93. The Morgan fingerprint density at radius 3 is 2.48 bits per heavy atom. The number of fused-ring (bicyclic) bond motifs is 2. The molecule has 2 heterocycles. The normalized spacial score (nSPS) is 11.2. The fraction of sp³-hybridized carbons (Fsp3) is 0.105. The van der Waals surface area contributed by atoms with Crippen molar-refractivity contribution in [3.8, 4) is 11.3 Å². The van der Waals surface area contributed by atoms with Gasteiger partial charge in [-0.2, -0.15) is 0 Å². The van der Waals surface area contributed by atoms with Gasteiger partial charge in [-0.3, -0.25) is 0 Å². The van der Waals surface area contributed by atoms with Crippen molar-refractivity contribution in [1.29, 1.82) is 0 Å². The second-order valence-electron chi connectivity index (χ2n) is 5.39. The zero-order chi connectivity index (χ0) is 15.8. The average molecular weight is 304 g/mol. The van der Waals surface area contributed by atoms with E-state index in [2.05, 4.69) is 9.97 Å². The second kappa shape index (κ2) is 5.32. The van der Waals surface area contributed by atoms with Crippen LogP contribution in [0.5, 0.6) is 0 Å². The van der Waals surface area contributed by atoms with Crippen LogP contribution < -0.4 is 0 Å². The topological polar surface area (TPSA) is 57.9 Å². The second-order valence-corrected chi connectivity index (χ2v) is 5.39. The van der Waals surface area contributed by atoms with Crippen LogP contribution in [0, 0.1) is 0 Å². The molecule has 4 nitrogen and oxygen atoms in total. The maximum atomic E-state index is 12.5. The van der Waals surface area contributed by atoms with Gasteiger partial charge in [0.25, 0.3) is 0 Å². The number of nitrogens with one attached hydrogen (secondary N) is 2. The first-order valence-electron chi connectivity index (χ1n) is 7.64. The molecule has 2 aromatic heterocycles. The minimum Gasteiger partial charge on any atom is -0.462 e. The van der Waals surface area contributed by atoms with Crippen LogP contribution in [0.2, 0.25) is 0 Å². The van der Waals surface area contributed by atoms with Gasteiger partial charge in [0.05, 0.1) is 17.9 Å².